The molecule has 1 aromatic carbocycles. The van der Waals surface area contributed by atoms with Crippen LogP contribution in [0.1, 0.15) is 21.0 Å². The zero-order chi connectivity index (χ0) is 17.6. The second kappa shape index (κ2) is 7.76. The van der Waals surface area contributed by atoms with Crippen molar-refractivity contribution in [2.24, 2.45) is 0 Å². The first-order valence-electron chi connectivity index (χ1n) is 7.97. The number of aromatic nitrogens is 1. The minimum atomic E-state index is -0.402. The molecule has 3 rings (SSSR count). The molecule has 0 bridgehead atoms. The van der Waals surface area contributed by atoms with Crippen molar-refractivity contribution >= 4 is 17.5 Å². The zero-order valence-corrected chi connectivity index (χ0v) is 13.9. The van der Waals surface area contributed by atoms with Gasteiger partial charge in [-0.05, 0) is 24.3 Å². The number of para-hydroxylation sites is 2. The van der Waals surface area contributed by atoms with Gasteiger partial charge in [0.25, 0.3) is 11.8 Å². The molecular formula is C18H19N3O4. The van der Waals surface area contributed by atoms with E-state index < -0.39 is 5.91 Å². The lowest BCUT2D eigenvalue weighted by molar-refractivity contribution is 0.0299. The van der Waals surface area contributed by atoms with Gasteiger partial charge in [0.1, 0.15) is 17.1 Å². The van der Waals surface area contributed by atoms with Crippen LogP contribution >= 0.6 is 0 Å². The van der Waals surface area contributed by atoms with Gasteiger partial charge in [-0.2, -0.15) is 0 Å². The van der Waals surface area contributed by atoms with Crippen LogP contribution in [-0.2, 0) is 4.74 Å². The van der Waals surface area contributed by atoms with Crippen molar-refractivity contribution in [2.45, 2.75) is 0 Å². The summed E-state index contributed by atoms with van der Waals surface area (Å²) in [6, 6.07) is 11.9. The molecule has 0 radical (unpaired) electrons. The molecule has 0 saturated carbocycles. The molecule has 1 N–H and O–H groups in total. The lowest BCUT2D eigenvalue weighted by atomic mass is 10.2. The van der Waals surface area contributed by atoms with Gasteiger partial charge in [-0.15, -0.1) is 0 Å². The number of carbonyl (C=O) groups excluding carboxylic acids is 2. The molecule has 130 valence electrons. The van der Waals surface area contributed by atoms with Gasteiger partial charge in [-0.3, -0.25) is 9.59 Å². The van der Waals surface area contributed by atoms with Crippen molar-refractivity contribution in [3.05, 3.63) is 53.9 Å². The highest BCUT2D eigenvalue weighted by molar-refractivity contribution is 6.04. The van der Waals surface area contributed by atoms with Crippen LogP contribution in [0.4, 0.5) is 5.69 Å². The number of benzene rings is 1. The van der Waals surface area contributed by atoms with Crippen LogP contribution in [0.15, 0.2) is 42.5 Å². The molecule has 7 heteroatoms. The number of nitrogens with zero attached hydrogens (tertiary/aromatic N) is 2. The van der Waals surface area contributed by atoms with Crippen LogP contribution in [0.3, 0.4) is 0 Å². The second-order valence-electron chi connectivity index (χ2n) is 5.47. The molecule has 0 spiro atoms. The van der Waals surface area contributed by atoms with Gasteiger partial charge in [-0.25, -0.2) is 4.98 Å². The lowest BCUT2D eigenvalue weighted by Crippen LogP contribution is -2.41. The Labute approximate surface area is 145 Å². The van der Waals surface area contributed by atoms with Gasteiger partial charge in [0, 0.05) is 13.1 Å². The first-order valence-corrected chi connectivity index (χ1v) is 7.97. The fraction of sp³-hybridized carbons (Fsp3) is 0.278. The van der Waals surface area contributed by atoms with Crippen molar-refractivity contribution in [1.29, 1.82) is 0 Å². The highest BCUT2D eigenvalue weighted by Crippen LogP contribution is 2.23. The summed E-state index contributed by atoms with van der Waals surface area (Å²) in [5.41, 5.74) is 0.960. The molecule has 1 saturated heterocycles. The Balaban J connectivity index is 1.76. The number of ether oxygens (including phenoxy) is 2. The van der Waals surface area contributed by atoms with E-state index in [9.17, 15) is 9.59 Å². The maximum Gasteiger partial charge on any atom is 0.274 e. The molecule has 0 atom stereocenters. The van der Waals surface area contributed by atoms with E-state index in [1.807, 2.05) is 6.07 Å². The van der Waals surface area contributed by atoms with Gasteiger partial charge in [-0.1, -0.05) is 18.2 Å². The van der Waals surface area contributed by atoms with Gasteiger partial charge in [0.2, 0.25) is 0 Å². The molecule has 0 unspecified atom stereocenters. The summed E-state index contributed by atoms with van der Waals surface area (Å²) in [7, 11) is 1.53. The number of amides is 2. The average molecular weight is 341 g/mol. The summed E-state index contributed by atoms with van der Waals surface area (Å²) >= 11 is 0. The van der Waals surface area contributed by atoms with E-state index >= 15 is 0 Å². The van der Waals surface area contributed by atoms with Crippen molar-refractivity contribution in [1.82, 2.24) is 9.88 Å². The van der Waals surface area contributed by atoms with E-state index in [-0.39, 0.29) is 17.3 Å². The summed E-state index contributed by atoms with van der Waals surface area (Å²) < 4.78 is 10.5. The number of methoxy groups -OCH3 is 1. The Hall–Kier alpha value is -2.93. The standard InChI is InChI=1S/C18H19N3O4/c1-24-16-8-3-2-5-13(16)20-17(22)14-6-4-7-15(19-14)18(23)21-9-11-25-12-10-21/h2-8H,9-12H2,1H3,(H,20,22). The molecule has 2 heterocycles. The molecule has 2 aromatic rings. The van der Waals surface area contributed by atoms with Gasteiger partial charge >= 0.3 is 0 Å². The molecule has 1 aromatic heterocycles. The second-order valence-corrected chi connectivity index (χ2v) is 5.47. The SMILES string of the molecule is COc1ccccc1NC(=O)c1cccc(C(=O)N2CCOCC2)n1. The summed E-state index contributed by atoms with van der Waals surface area (Å²) in [5, 5.41) is 2.75. The predicted molar refractivity (Wildman–Crippen MR) is 91.9 cm³/mol. The number of nitrogens with one attached hydrogen (secondary N) is 1. The van der Waals surface area contributed by atoms with E-state index in [2.05, 4.69) is 10.3 Å². The first-order chi connectivity index (χ1) is 12.2. The fourth-order valence-corrected chi connectivity index (χ4v) is 2.54. The number of carbonyl (C=O) groups is 2. The van der Waals surface area contributed by atoms with Crippen molar-refractivity contribution in [2.75, 3.05) is 38.7 Å². The number of pyridine rings is 1. The smallest absolute Gasteiger partial charge is 0.274 e. The normalized spacial score (nSPS) is 14.0. The van der Waals surface area contributed by atoms with E-state index in [1.54, 1.807) is 41.3 Å². The highest BCUT2D eigenvalue weighted by Gasteiger charge is 2.21. The number of hydrogen-bond donors (Lipinski definition) is 1. The third-order valence-corrected chi connectivity index (χ3v) is 3.85. The van der Waals surface area contributed by atoms with Crippen LogP contribution in [0.5, 0.6) is 5.75 Å². The molecule has 2 amide bonds. The van der Waals surface area contributed by atoms with Crippen LogP contribution in [0, 0.1) is 0 Å². The Morgan fingerprint density at radius 2 is 1.80 bits per heavy atom. The van der Waals surface area contributed by atoms with Crippen molar-refractivity contribution < 1.29 is 19.1 Å². The maximum atomic E-state index is 12.5. The van der Waals surface area contributed by atoms with E-state index in [1.165, 1.54) is 7.11 Å². The van der Waals surface area contributed by atoms with E-state index in [4.69, 9.17) is 9.47 Å². The molecule has 1 fully saturated rings. The molecule has 7 nitrogen and oxygen atoms in total. The van der Waals surface area contributed by atoms with E-state index in [0.29, 0.717) is 37.7 Å². The Kier molecular flexibility index (Phi) is 5.25. The third-order valence-electron chi connectivity index (χ3n) is 3.85. The monoisotopic (exact) mass is 341 g/mol. The summed E-state index contributed by atoms with van der Waals surface area (Å²) in [4.78, 5) is 30.8. The number of morpholine rings is 1. The quantitative estimate of drug-likeness (QED) is 0.917. The highest BCUT2D eigenvalue weighted by atomic mass is 16.5. The van der Waals surface area contributed by atoms with Crippen LogP contribution < -0.4 is 10.1 Å². The minimum Gasteiger partial charge on any atom is -0.495 e. The van der Waals surface area contributed by atoms with Crippen LogP contribution in [-0.4, -0.2) is 55.1 Å². The number of anilines is 1. The molecule has 1 aliphatic heterocycles. The maximum absolute atomic E-state index is 12.5. The lowest BCUT2D eigenvalue weighted by Gasteiger charge is -2.26. The fourth-order valence-electron chi connectivity index (χ4n) is 2.54. The van der Waals surface area contributed by atoms with Crippen molar-refractivity contribution in [3.8, 4) is 5.75 Å². The Morgan fingerprint density at radius 1 is 1.08 bits per heavy atom. The zero-order valence-electron chi connectivity index (χ0n) is 13.9. The van der Waals surface area contributed by atoms with Gasteiger partial charge in [0.05, 0.1) is 26.0 Å². The van der Waals surface area contributed by atoms with E-state index in [0.717, 1.165) is 0 Å². The molecule has 0 aliphatic carbocycles. The predicted octanol–water partition coefficient (Wildman–Crippen LogP) is 1.81. The summed E-state index contributed by atoms with van der Waals surface area (Å²) in [5.74, 6) is -0.0484. The third kappa shape index (κ3) is 3.95. The topological polar surface area (TPSA) is 80.8 Å². The Bertz CT molecular complexity index is 772. The first kappa shape index (κ1) is 16.9. The van der Waals surface area contributed by atoms with Crippen LogP contribution in [0.25, 0.3) is 0 Å². The molecular weight excluding hydrogens is 322 g/mol. The van der Waals surface area contributed by atoms with Gasteiger partial charge < -0.3 is 19.7 Å². The number of hydrogen-bond acceptors (Lipinski definition) is 5. The largest absolute Gasteiger partial charge is 0.495 e. The minimum absolute atomic E-state index is 0.171. The summed E-state index contributed by atoms with van der Waals surface area (Å²) in [6.45, 7) is 2.08. The van der Waals surface area contributed by atoms with Crippen LogP contribution in [0.2, 0.25) is 0 Å². The van der Waals surface area contributed by atoms with Crippen molar-refractivity contribution in [3.63, 3.8) is 0 Å². The summed E-state index contributed by atoms with van der Waals surface area (Å²) in [6.07, 6.45) is 0. The molecule has 1 aliphatic rings. The average Bonchev–Trinajstić information content (AvgIpc) is 2.68. The van der Waals surface area contributed by atoms with Gasteiger partial charge in [0.15, 0.2) is 0 Å². The number of rotatable bonds is 4. The Morgan fingerprint density at radius 3 is 2.56 bits per heavy atom. The molecule has 25 heavy (non-hydrogen) atoms.